The average Bonchev–Trinajstić information content (AvgIpc) is 2.38. The molecule has 1 aliphatic heterocycles. The molecule has 0 bridgehead atoms. The van der Waals surface area contributed by atoms with E-state index in [-0.39, 0.29) is 0 Å². The molecule has 1 fully saturated rings. The zero-order valence-electron chi connectivity index (χ0n) is 12.3. The van der Waals surface area contributed by atoms with Crippen LogP contribution >= 0.6 is 0 Å². The van der Waals surface area contributed by atoms with Crippen LogP contribution in [0.2, 0.25) is 0 Å². The maximum absolute atomic E-state index is 11.9. The Morgan fingerprint density at radius 3 is 2.55 bits per heavy atom. The molecule has 0 unspecified atom stereocenters. The van der Waals surface area contributed by atoms with Gasteiger partial charge in [0.2, 0.25) is 0 Å². The second-order valence-electron chi connectivity index (χ2n) is 5.74. The van der Waals surface area contributed by atoms with Crippen LogP contribution in [0, 0.1) is 0 Å². The van der Waals surface area contributed by atoms with Gasteiger partial charge in [-0.15, -0.1) is 0 Å². The maximum Gasteiger partial charge on any atom is 0.412 e. The van der Waals surface area contributed by atoms with Crippen LogP contribution in [0.1, 0.15) is 20.8 Å². The van der Waals surface area contributed by atoms with E-state index in [1.54, 1.807) is 0 Å². The lowest BCUT2D eigenvalue weighted by Crippen LogP contribution is -2.37. The van der Waals surface area contributed by atoms with Crippen LogP contribution in [0.15, 0.2) is 24.3 Å². The smallest absolute Gasteiger partial charge is 0.412 e. The SMILES string of the molecule is CC(C)(C)OC(=O)Nc1ccccc1N1CCOCC1. The summed E-state index contributed by atoms with van der Waals surface area (Å²) in [7, 11) is 0. The fourth-order valence-electron chi connectivity index (χ4n) is 2.07. The number of hydrogen-bond acceptors (Lipinski definition) is 4. The van der Waals surface area contributed by atoms with E-state index < -0.39 is 11.7 Å². The lowest BCUT2D eigenvalue weighted by molar-refractivity contribution is 0.0636. The first-order chi connectivity index (χ1) is 9.46. The van der Waals surface area contributed by atoms with Crippen molar-refractivity contribution in [2.24, 2.45) is 0 Å². The summed E-state index contributed by atoms with van der Waals surface area (Å²) >= 11 is 0. The minimum atomic E-state index is -0.502. The Morgan fingerprint density at radius 2 is 1.90 bits per heavy atom. The summed E-state index contributed by atoms with van der Waals surface area (Å²) in [5.74, 6) is 0. The van der Waals surface area contributed by atoms with Gasteiger partial charge in [-0.05, 0) is 32.9 Å². The Morgan fingerprint density at radius 1 is 1.25 bits per heavy atom. The molecule has 1 N–H and O–H groups in total. The van der Waals surface area contributed by atoms with Gasteiger partial charge in [0.05, 0.1) is 24.6 Å². The predicted molar refractivity (Wildman–Crippen MR) is 79.3 cm³/mol. The predicted octanol–water partition coefficient (Wildman–Crippen LogP) is 2.87. The summed E-state index contributed by atoms with van der Waals surface area (Å²) in [6.07, 6.45) is -0.432. The van der Waals surface area contributed by atoms with Crippen molar-refractivity contribution in [1.82, 2.24) is 0 Å². The summed E-state index contributed by atoms with van der Waals surface area (Å²) in [5, 5.41) is 2.82. The van der Waals surface area contributed by atoms with E-state index in [0.29, 0.717) is 13.2 Å². The molecule has 0 aromatic heterocycles. The molecule has 1 heterocycles. The zero-order valence-corrected chi connectivity index (χ0v) is 12.3. The summed E-state index contributed by atoms with van der Waals surface area (Å²) in [5.41, 5.74) is 1.27. The third kappa shape index (κ3) is 4.13. The number of carbonyl (C=O) groups excluding carboxylic acids is 1. The third-order valence-electron chi connectivity index (χ3n) is 2.89. The highest BCUT2D eigenvalue weighted by atomic mass is 16.6. The van der Waals surface area contributed by atoms with Gasteiger partial charge in [-0.2, -0.15) is 0 Å². The molecular weight excluding hydrogens is 256 g/mol. The molecule has 0 saturated carbocycles. The molecule has 0 atom stereocenters. The number of ether oxygens (including phenoxy) is 2. The molecule has 1 saturated heterocycles. The van der Waals surface area contributed by atoms with Crippen molar-refractivity contribution in [2.75, 3.05) is 36.5 Å². The number of anilines is 2. The Kier molecular flexibility index (Phi) is 4.49. The van der Waals surface area contributed by atoms with E-state index in [9.17, 15) is 4.79 Å². The van der Waals surface area contributed by atoms with Crippen LogP contribution in [-0.4, -0.2) is 38.0 Å². The summed E-state index contributed by atoms with van der Waals surface area (Å²) in [6.45, 7) is 8.61. The van der Waals surface area contributed by atoms with E-state index in [2.05, 4.69) is 10.2 Å². The number of morpholine rings is 1. The van der Waals surface area contributed by atoms with E-state index in [1.165, 1.54) is 0 Å². The van der Waals surface area contributed by atoms with Crippen molar-refractivity contribution >= 4 is 17.5 Å². The molecule has 0 radical (unpaired) electrons. The van der Waals surface area contributed by atoms with Crippen molar-refractivity contribution in [3.63, 3.8) is 0 Å². The molecule has 110 valence electrons. The maximum atomic E-state index is 11.9. The van der Waals surface area contributed by atoms with Crippen molar-refractivity contribution in [2.45, 2.75) is 26.4 Å². The van der Waals surface area contributed by atoms with Gasteiger partial charge in [-0.25, -0.2) is 4.79 Å². The summed E-state index contributed by atoms with van der Waals surface area (Å²) < 4.78 is 10.6. The Bertz CT molecular complexity index is 462. The average molecular weight is 278 g/mol. The normalized spacial score (nSPS) is 15.8. The molecule has 2 rings (SSSR count). The van der Waals surface area contributed by atoms with Crippen molar-refractivity contribution in [3.05, 3.63) is 24.3 Å². The fourth-order valence-corrected chi connectivity index (χ4v) is 2.07. The van der Waals surface area contributed by atoms with Crippen LogP contribution in [0.3, 0.4) is 0 Å². The number of nitrogens with zero attached hydrogens (tertiary/aromatic N) is 1. The highest BCUT2D eigenvalue weighted by Gasteiger charge is 2.19. The number of amides is 1. The first-order valence-electron chi connectivity index (χ1n) is 6.87. The largest absolute Gasteiger partial charge is 0.444 e. The fraction of sp³-hybridized carbons (Fsp3) is 0.533. The minimum Gasteiger partial charge on any atom is -0.444 e. The van der Waals surface area contributed by atoms with E-state index >= 15 is 0 Å². The van der Waals surface area contributed by atoms with Crippen LogP contribution in [0.5, 0.6) is 0 Å². The lowest BCUT2D eigenvalue weighted by atomic mass is 10.2. The quantitative estimate of drug-likeness (QED) is 0.903. The van der Waals surface area contributed by atoms with E-state index in [4.69, 9.17) is 9.47 Å². The first-order valence-corrected chi connectivity index (χ1v) is 6.87. The van der Waals surface area contributed by atoms with E-state index in [0.717, 1.165) is 24.5 Å². The van der Waals surface area contributed by atoms with Gasteiger partial charge < -0.3 is 14.4 Å². The molecule has 5 nitrogen and oxygen atoms in total. The first kappa shape index (κ1) is 14.7. The second-order valence-corrected chi connectivity index (χ2v) is 5.74. The molecule has 1 amide bonds. The highest BCUT2D eigenvalue weighted by Crippen LogP contribution is 2.26. The molecular formula is C15H22N2O3. The van der Waals surface area contributed by atoms with Gasteiger partial charge in [-0.1, -0.05) is 12.1 Å². The van der Waals surface area contributed by atoms with Crippen molar-refractivity contribution in [3.8, 4) is 0 Å². The lowest BCUT2D eigenvalue weighted by Gasteiger charge is -2.30. The summed E-state index contributed by atoms with van der Waals surface area (Å²) in [4.78, 5) is 14.1. The Hall–Kier alpha value is -1.75. The molecule has 0 aliphatic carbocycles. The standard InChI is InChI=1S/C15H22N2O3/c1-15(2,3)20-14(18)16-12-6-4-5-7-13(12)17-8-10-19-11-9-17/h4-7H,8-11H2,1-3H3,(H,16,18). The number of carbonyl (C=O) groups is 1. The van der Waals surface area contributed by atoms with Crippen LogP contribution in [-0.2, 0) is 9.47 Å². The van der Waals surface area contributed by atoms with Gasteiger partial charge in [0.15, 0.2) is 0 Å². The minimum absolute atomic E-state index is 0.432. The molecule has 5 heteroatoms. The highest BCUT2D eigenvalue weighted by molar-refractivity contribution is 5.89. The number of para-hydroxylation sites is 2. The molecule has 0 spiro atoms. The van der Waals surface area contributed by atoms with Gasteiger partial charge in [0.1, 0.15) is 5.60 Å². The summed E-state index contributed by atoms with van der Waals surface area (Å²) in [6, 6.07) is 7.74. The monoisotopic (exact) mass is 278 g/mol. The van der Waals surface area contributed by atoms with Crippen molar-refractivity contribution in [1.29, 1.82) is 0 Å². The third-order valence-corrected chi connectivity index (χ3v) is 2.89. The molecule has 1 aliphatic rings. The second kappa shape index (κ2) is 6.13. The van der Waals surface area contributed by atoms with Gasteiger partial charge >= 0.3 is 6.09 Å². The van der Waals surface area contributed by atoms with Crippen LogP contribution in [0.25, 0.3) is 0 Å². The molecule has 1 aromatic carbocycles. The Balaban J connectivity index is 2.09. The van der Waals surface area contributed by atoms with Crippen LogP contribution in [0.4, 0.5) is 16.2 Å². The number of benzene rings is 1. The van der Waals surface area contributed by atoms with Gasteiger partial charge in [0, 0.05) is 13.1 Å². The molecule has 20 heavy (non-hydrogen) atoms. The van der Waals surface area contributed by atoms with Gasteiger partial charge in [0.25, 0.3) is 0 Å². The van der Waals surface area contributed by atoms with Gasteiger partial charge in [-0.3, -0.25) is 5.32 Å². The number of rotatable bonds is 2. The zero-order chi connectivity index (χ0) is 14.6. The van der Waals surface area contributed by atoms with Crippen molar-refractivity contribution < 1.29 is 14.3 Å². The van der Waals surface area contributed by atoms with Crippen LogP contribution < -0.4 is 10.2 Å². The topological polar surface area (TPSA) is 50.8 Å². The number of hydrogen-bond donors (Lipinski definition) is 1. The van der Waals surface area contributed by atoms with E-state index in [1.807, 2.05) is 45.0 Å². The molecule has 1 aromatic rings. The number of nitrogens with one attached hydrogen (secondary N) is 1. The Labute approximate surface area is 119 Å².